The normalized spacial score (nSPS) is 13.5. The van der Waals surface area contributed by atoms with Crippen LogP contribution in [0.1, 0.15) is 28.7 Å². The van der Waals surface area contributed by atoms with Crippen LogP contribution in [-0.2, 0) is 11.2 Å². The van der Waals surface area contributed by atoms with Gasteiger partial charge in [-0.25, -0.2) is 0 Å². The summed E-state index contributed by atoms with van der Waals surface area (Å²) in [7, 11) is 0. The summed E-state index contributed by atoms with van der Waals surface area (Å²) in [6, 6.07) is 10.2. The average Bonchev–Trinajstić information content (AvgIpc) is 3.51. The van der Waals surface area contributed by atoms with Crippen LogP contribution in [0.4, 0.5) is 17.1 Å². The highest BCUT2D eigenvalue weighted by Gasteiger charge is 2.24. The molecule has 4 aromatic rings. The van der Waals surface area contributed by atoms with Gasteiger partial charge in [0.15, 0.2) is 10.9 Å². The lowest BCUT2D eigenvalue weighted by molar-refractivity contribution is -0.384. The number of aryl methyl sites for hydroxylation is 2. The van der Waals surface area contributed by atoms with Crippen molar-refractivity contribution in [2.75, 3.05) is 36.5 Å². The molecule has 2 aromatic heterocycles. The van der Waals surface area contributed by atoms with E-state index in [4.69, 9.17) is 17.0 Å². The number of benzene rings is 2. The Morgan fingerprint density at radius 1 is 1.21 bits per heavy atom. The minimum atomic E-state index is -0.548. The predicted octanol–water partition coefficient (Wildman–Crippen LogP) is 3.60. The zero-order valence-electron chi connectivity index (χ0n) is 20.6. The number of nitrogens with one attached hydrogen (secondary N) is 2. The third-order valence-electron chi connectivity index (χ3n) is 6.12. The number of thiocarbonyl (C=S) groups is 1. The third kappa shape index (κ3) is 5.18. The Hall–Kier alpha value is -4.01. The number of rotatable bonds is 6. The third-order valence-corrected chi connectivity index (χ3v) is 7.27. The van der Waals surface area contributed by atoms with E-state index in [-0.39, 0.29) is 16.4 Å². The number of nitro groups is 1. The van der Waals surface area contributed by atoms with Crippen molar-refractivity contribution < 1.29 is 14.5 Å². The summed E-state index contributed by atoms with van der Waals surface area (Å²) in [6.07, 6.45) is 0.720. The Bertz CT molecular complexity index is 1540. The van der Waals surface area contributed by atoms with Gasteiger partial charge in [0.05, 0.1) is 18.1 Å². The molecule has 0 bridgehead atoms. The van der Waals surface area contributed by atoms with Crippen LogP contribution in [0.15, 0.2) is 36.4 Å². The minimum absolute atomic E-state index is 0.0709. The summed E-state index contributed by atoms with van der Waals surface area (Å²) >= 11 is 6.81. The molecule has 0 spiro atoms. The summed E-state index contributed by atoms with van der Waals surface area (Å²) in [5.41, 5.74) is 2.92. The van der Waals surface area contributed by atoms with Crippen molar-refractivity contribution in [2.45, 2.75) is 20.3 Å². The van der Waals surface area contributed by atoms with Crippen molar-refractivity contribution in [3.63, 3.8) is 0 Å². The van der Waals surface area contributed by atoms with E-state index in [9.17, 15) is 14.9 Å². The summed E-state index contributed by atoms with van der Waals surface area (Å²) in [5, 5.41) is 31.2. The van der Waals surface area contributed by atoms with Crippen molar-refractivity contribution in [3.05, 3.63) is 63.5 Å². The number of nitro benzene ring substituents is 1. The van der Waals surface area contributed by atoms with Crippen molar-refractivity contribution in [1.29, 1.82) is 0 Å². The van der Waals surface area contributed by atoms with E-state index in [1.165, 1.54) is 17.4 Å². The molecular weight excluding hydrogens is 528 g/mol. The van der Waals surface area contributed by atoms with Crippen LogP contribution in [0.5, 0.6) is 0 Å². The second-order valence-corrected chi connectivity index (χ2v) is 9.93. The Balaban J connectivity index is 1.31. The number of nitrogens with zero attached hydrogens (tertiary/aromatic N) is 6. The van der Waals surface area contributed by atoms with Gasteiger partial charge in [-0.15, -0.1) is 10.2 Å². The maximum Gasteiger partial charge on any atom is 0.293 e. The molecule has 12 nitrogen and oxygen atoms in total. The second-order valence-electron chi connectivity index (χ2n) is 8.57. The number of morpholine rings is 1. The van der Waals surface area contributed by atoms with E-state index in [0.29, 0.717) is 42.6 Å². The quantitative estimate of drug-likeness (QED) is 0.207. The minimum Gasteiger partial charge on any atom is -0.378 e. The Morgan fingerprint density at radius 3 is 2.74 bits per heavy atom. The highest BCUT2D eigenvalue weighted by molar-refractivity contribution is 7.80. The molecule has 1 aliphatic heterocycles. The van der Waals surface area contributed by atoms with E-state index in [1.807, 2.05) is 36.9 Å². The molecule has 0 aliphatic carbocycles. The highest BCUT2D eigenvalue weighted by atomic mass is 32.1. The molecule has 2 N–H and O–H groups in total. The monoisotopic (exact) mass is 552 g/mol. The van der Waals surface area contributed by atoms with Gasteiger partial charge in [0.2, 0.25) is 4.96 Å². The SMILES string of the molecule is CCc1nnc2sc(-c3ccc(C)c(NC(=S)NC(=O)c4ccc(N5CCOCC5)c([N+](=O)[O-])c4)c3)nn12. The molecule has 196 valence electrons. The number of fused-ring (bicyclic) bond motifs is 1. The highest BCUT2D eigenvalue weighted by Crippen LogP contribution is 2.31. The molecule has 0 radical (unpaired) electrons. The standard InChI is InChI=1S/C24H24N8O4S2/c1-3-20-27-28-24-31(20)29-22(38-24)16-5-4-14(2)17(12-16)25-23(37)26-21(33)15-6-7-18(19(13-15)32(34)35)30-8-10-36-11-9-30/h4-7,12-13H,3,8-11H2,1-2H3,(H2,25,26,33,37). The van der Waals surface area contributed by atoms with Crippen molar-refractivity contribution in [2.24, 2.45) is 0 Å². The summed E-state index contributed by atoms with van der Waals surface area (Å²) in [4.78, 5) is 26.7. The number of amides is 1. The number of anilines is 2. The summed E-state index contributed by atoms with van der Waals surface area (Å²) in [5.74, 6) is 0.240. The lowest BCUT2D eigenvalue weighted by Crippen LogP contribution is -2.37. The molecule has 38 heavy (non-hydrogen) atoms. The van der Waals surface area contributed by atoms with E-state index in [2.05, 4.69) is 25.9 Å². The topological polar surface area (TPSA) is 140 Å². The molecule has 1 amide bonds. The van der Waals surface area contributed by atoms with Crippen molar-refractivity contribution in [1.82, 2.24) is 25.1 Å². The Morgan fingerprint density at radius 2 is 2.00 bits per heavy atom. The first-order valence-corrected chi connectivity index (χ1v) is 13.1. The molecule has 1 aliphatic rings. The number of hydrogen-bond donors (Lipinski definition) is 2. The molecule has 0 saturated carbocycles. The van der Waals surface area contributed by atoms with E-state index in [1.54, 1.807) is 16.6 Å². The fourth-order valence-corrected chi connectivity index (χ4v) is 5.15. The van der Waals surface area contributed by atoms with Crippen LogP contribution in [0.3, 0.4) is 0 Å². The molecule has 1 saturated heterocycles. The van der Waals surface area contributed by atoms with E-state index < -0.39 is 10.8 Å². The van der Waals surface area contributed by atoms with Crippen LogP contribution in [0, 0.1) is 17.0 Å². The fraction of sp³-hybridized carbons (Fsp3) is 0.292. The molecule has 2 aromatic carbocycles. The number of carbonyl (C=O) groups is 1. The average molecular weight is 553 g/mol. The molecule has 14 heteroatoms. The van der Waals surface area contributed by atoms with Gasteiger partial charge in [-0.3, -0.25) is 20.2 Å². The lowest BCUT2D eigenvalue weighted by Gasteiger charge is -2.28. The summed E-state index contributed by atoms with van der Waals surface area (Å²) < 4.78 is 7.07. The maximum absolute atomic E-state index is 12.9. The van der Waals surface area contributed by atoms with Gasteiger partial charge in [0.1, 0.15) is 10.7 Å². The first-order valence-electron chi connectivity index (χ1n) is 11.9. The van der Waals surface area contributed by atoms with Crippen LogP contribution >= 0.6 is 23.6 Å². The van der Waals surface area contributed by atoms with Crippen LogP contribution in [0.2, 0.25) is 0 Å². The number of aromatic nitrogens is 4. The van der Waals surface area contributed by atoms with E-state index in [0.717, 1.165) is 28.4 Å². The van der Waals surface area contributed by atoms with Crippen molar-refractivity contribution >= 4 is 56.6 Å². The Kier molecular flexibility index (Phi) is 7.26. The predicted molar refractivity (Wildman–Crippen MR) is 148 cm³/mol. The molecule has 1 fully saturated rings. The van der Waals surface area contributed by atoms with Gasteiger partial charge in [0.25, 0.3) is 11.6 Å². The van der Waals surface area contributed by atoms with Gasteiger partial charge in [-0.05, 0) is 42.9 Å². The van der Waals surface area contributed by atoms with Crippen molar-refractivity contribution in [3.8, 4) is 10.6 Å². The number of ether oxygens (including phenoxy) is 1. The molecule has 0 atom stereocenters. The molecule has 5 rings (SSSR count). The lowest BCUT2D eigenvalue weighted by atomic mass is 10.1. The van der Waals surface area contributed by atoms with Gasteiger partial charge in [0, 0.05) is 42.4 Å². The summed E-state index contributed by atoms with van der Waals surface area (Å²) in [6.45, 7) is 5.99. The van der Waals surface area contributed by atoms with Crippen LogP contribution in [-0.4, -0.2) is 62.1 Å². The second kappa shape index (κ2) is 10.8. The van der Waals surface area contributed by atoms with Gasteiger partial charge < -0.3 is 15.0 Å². The number of carbonyl (C=O) groups excluding carboxylic acids is 1. The zero-order valence-corrected chi connectivity index (χ0v) is 22.3. The van der Waals surface area contributed by atoms with Gasteiger partial charge in [-0.1, -0.05) is 30.4 Å². The number of hydrogen-bond acceptors (Lipinski definition) is 10. The van der Waals surface area contributed by atoms with Gasteiger partial charge >= 0.3 is 0 Å². The smallest absolute Gasteiger partial charge is 0.293 e. The first kappa shape index (κ1) is 25.6. The molecule has 0 unspecified atom stereocenters. The Labute approximate surface area is 226 Å². The van der Waals surface area contributed by atoms with Crippen LogP contribution < -0.4 is 15.5 Å². The molecule has 3 heterocycles. The maximum atomic E-state index is 12.9. The van der Waals surface area contributed by atoms with Crippen LogP contribution in [0.25, 0.3) is 15.5 Å². The first-order chi connectivity index (χ1) is 18.3. The largest absolute Gasteiger partial charge is 0.378 e. The van der Waals surface area contributed by atoms with E-state index >= 15 is 0 Å². The molecular formula is C24H24N8O4S2. The van der Waals surface area contributed by atoms with Gasteiger partial charge in [-0.2, -0.15) is 9.61 Å². The zero-order chi connectivity index (χ0) is 26.8. The fourth-order valence-electron chi connectivity index (χ4n) is 4.10.